The number of unbranched alkanes of at least 4 members (excludes halogenated alkanes) is 29. The van der Waals surface area contributed by atoms with Crippen LogP contribution in [0.25, 0.3) is 0 Å². The molecule has 254 valence electrons. The zero-order valence-electron chi connectivity index (χ0n) is 30.1. The molecule has 42 heavy (non-hydrogen) atoms. The van der Waals surface area contributed by atoms with E-state index in [1.807, 2.05) is 0 Å². The van der Waals surface area contributed by atoms with Crippen molar-refractivity contribution in [2.75, 3.05) is 13.2 Å². The molecule has 0 aliphatic heterocycles. The van der Waals surface area contributed by atoms with Crippen LogP contribution < -0.4 is 0 Å². The normalized spacial score (nSPS) is 12.0. The molecule has 0 amide bonds. The Balaban J connectivity index is 3.73. The molecule has 0 aromatic carbocycles. The largest absolute Gasteiger partial charge is 0.394 e. The van der Waals surface area contributed by atoms with Gasteiger partial charge >= 0.3 is 8.56 Å². The summed E-state index contributed by atoms with van der Waals surface area (Å²) in [5.74, 6) is 0. The van der Waals surface area contributed by atoms with Crippen LogP contribution in [0, 0.1) is 0 Å². The topological polar surface area (TPSA) is 18.5 Å². The zero-order valence-corrected chi connectivity index (χ0v) is 31.1. The highest BCUT2D eigenvalue weighted by molar-refractivity contribution is 6.67. The highest BCUT2D eigenvalue weighted by atomic mass is 28.4. The van der Waals surface area contributed by atoms with Gasteiger partial charge < -0.3 is 8.85 Å². The molecule has 3 heteroatoms. The van der Waals surface area contributed by atoms with Gasteiger partial charge in [-0.1, -0.05) is 213 Å². The summed E-state index contributed by atoms with van der Waals surface area (Å²) in [6.45, 7) is 10.6. The second-order valence-electron chi connectivity index (χ2n) is 13.5. The lowest BCUT2D eigenvalue weighted by atomic mass is 10.0. The van der Waals surface area contributed by atoms with Crippen LogP contribution in [-0.2, 0) is 8.85 Å². The summed E-state index contributed by atoms with van der Waals surface area (Å²) < 4.78 is 12.9. The molecule has 0 spiro atoms. The van der Waals surface area contributed by atoms with Crippen molar-refractivity contribution < 1.29 is 8.85 Å². The van der Waals surface area contributed by atoms with Gasteiger partial charge in [0.1, 0.15) is 0 Å². The van der Waals surface area contributed by atoms with E-state index in [0.717, 1.165) is 13.2 Å². The second kappa shape index (κ2) is 35.6. The van der Waals surface area contributed by atoms with Crippen LogP contribution in [0.5, 0.6) is 0 Å². The average Bonchev–Trinajstić information content (AvgIpc) is 2.99. The highest BCUT2D eigenvalue weighted by Crippen LogP contribution is 2.27. The number of hydrogen-bond acceptors (Lipinski definition) is 2. The Bertz CT molecular complexity index is 477. The van der Waals surface area contributed by atoms with Gasteiger partial charge in [0.05, 0.1) is 0 Å². The summed E-state index contributed by atoms with van der Waals surface area (Å²) in [7, 11) is -2.01. The molecule has 2 nitrogen and oxygen atoms in total. The molecule has 0 aromatic heterocycles. The van der Waals surface area contributed by atoms with Gasteiger partial charge in [0.25, 0.3) is 0 Å². The van der Waals surface area contributed by atoms with Crippen molar-refractivity contribution in [3.8, 4) is 0 Å². The van der Waals surface area contributed by atoms with Crippen molar-refractivity contribution >= 4 is 8.56 Å². The maximum atomic E-state index is 6.43. The quantitative estimate of drug-likeness (QED) is 0.0514. The van der Waals surface area contributed by atoms with E-state index in [9.17, 15) is 0 Å². The monoisotopic (exact) mass is 611 g/mol. The third kappa shape index (κ3) is 30.2. The van der Waals surface area contributed by atoms with Crippen LogP contribution in [0.2, 0.25) is 12.1 Å². The molecule has 0 aliphatic rings. The average molecular weight is 611 g/mol. The molecule has 0 aliphatic carbocycles. The van der Waals surface area contributed by atoms with E-state index in [0.29, 0.717) is 0 Å². The molecule has 0 bridgehead atoms. The smallest absolute Gasteiger partial charge is 0.338 e. The van der Waals surface area contributed by atoms with E-state index in [1.54, 1.807) is 0 Å². The fraction of sp³-hybridized carbons (Fsp3) is 1.00. The molecule has 0 saturated heterocycles. The van der Waals surface area contributed by atoms with E-state index in [4.69, 9.17) is 8.85 Å². The van der Waals surface area contributed by atoms with Gasteiger partial charge in [-0.2, -0.15) is 0 Å². The van der Waals surface area contributed by atoms with Gasteiger partial charge in [-0.05, 0) is 25.9 Å². The lowest BCUT2D eigenvalue weighted by Crippen LogP contribution is -2.42. The minimum atomic E-state index is -2.01. The Morgan fingerprint density at radius 3 is 0.643 bits per heavy atom. The number of hydrogen-bond donors (Lipinski definition) is 0. The third-order valence-corrected chi connectivity index (χ3v) is 13.2. The van der Waals surface area contributed by atoms with Gasteiger partial charge in [0, 0.05) is 13.2 Å². The highest BCUT2D eigenvalue weighted by Gasteiger charge is 2.35. The molecular formula is C39H82O2Si. The van der Waals surface area contributed by atoms with E-state index < -0.39 is 8.56 Å². The standard InChI is InChI=1S/C39H82O2Si/c1-5-9-11-13-15-17-19-21-23-24-25-27-29-31-33-35-37-39-42(40-7-3,41-8-4)38-36-34-32-30-28-26-22-20-18-16-14-12-10-6-2/h5-39H2,1-4H3. The molecule has 0 radical (unpaired) electrons. The first-order chi connectivity index (χ1) is 20.7. The first kappa shape index (κ1) is 42.1. The third-order valence-electron chi connectivity index (χ3n) is 9.39. The minimum Gasteiger partial charge on any atom is -0.394 e. The van der Waals surface area contributed by atoms with Crippen LogP contribution in [0.4, 0.5) is 0 Å². The molecule has 0 heterocycles. The van der Waals surface area contributed by atoms with Crippen molar-refractivity contribution in [2.24, 2.45) is 0 Å². The van der Waals surface area contributed by atoms with Gasteiger partial charge in [0.2, 0.25) is 0 Å². The molecule has 0 rings (SSSR count). The second-order valence-corrected chi connectivity index (χ2v) is 16.9. The summed E-state index contributed by atoms with van der Waals surface area (Å²) in [5, 5.41) is 0. The van der Waals surface area contributed by atoms with Crippen LogP contribution in [0.3, 0.4) is 0 Å². The molecule has 0 N–H and O–H groups in total. The van der Waals surface area contributed by atoms with Crippen LogP contribution >= 0.6 is 0 Å². The van der Waals surface area contributed by atoms with Gasteiger partial charge in [-0.25, -0.2) is 0 Å². The first-order valence-electron chi connectivity index (χ1n) is 20.0. The van der Waals surface area contributed by atoms with Crippen LogP contribution in [-0.4, -0.2) is 21.8 Å². The first-order valence-corrected chi connectivity index (χ1v) is 22.3. The van der Waals surface area contributed by atoms with Gasteiger partial charge in [-0.3, -0.25) is 0 Å². The van der Waals surface area contributed by atoms with E-state index >= 15 is 0 Å². The molecule has 0 unspecified atom stereocenters. The molecule has 0 aromatic rings. The predicted octanol–water partition coefficient (Wildman–Crippen LogP) is 14.6. The fourth-order valence-corrected chi connectivity index (χ4v) is 10.2. The van der Waals surface area contributed by atoms with Gasteiger partial charge in [-0.15, -0.1) is 0 Å². The van der Waals surface area contributed by atoms with E-state index in [2.05, 4.69) is 27.7 Å². The molecule has 0 saturated carbocycles. The van der Waals surface area contributed by atoms with Crippen LogP contribution in [0.15, 0.2) is 0 Å². The Morgan fingerprint density at radius 2 is 0.452 bits per heavy atom. The maximum Gasteiger partial charge on any atom is 0.338 e. The van der Waals surface area contributed by atoms with Crippen molar-refractivity contribution in [2.45, 2.75) is 239 Å². The fourth-order valence-electron chi connectivity index (χ4n) is 6.69. The van der Waals surface area contributed by atoms with Crippen molar-refractivity contribution in [1.82, 2.24) is 0 Å². The Morgan fingerprint density at radius 1 is 0.262 bits per heavy atom. The summed E-state index contributed by atoms with van der Waals surface area (Å²) in [4.78, 5) is 0. The molecule has 0 atom stereocenters. The van der Waals surface area contributed by atoms with Gasteiger partial charge in [0.15, 0.2) is 0 Å². The van der Waals surface area contributed by atoms with Crippen LogP contribution in [0.1, 0.15) is 227 Å². The van der Waals surface area contributed by atoms with E-state index in [-0.39, 0.29) is 0 Å². The Hall–Kier alpha value is 0.137. The summed E-state index contributed by atoms with van der Waals surface area (Å²) in [6, 6.07) is 2.43. The summed E-state index contributed by atoms with van der Waals surface area (Å²) in [5.41, 5.74) is 0. The summed E-state index contributed by atoms with van der Waals surface area (Å²) >= 11 is 0. The summed E-state index contributed by atoms with van der Waals surface area (Å²) in [6.07, 6.45) is 44.3. The Labute approximate surface area is 268 Å². The molecule has 0 fully saturated rings. The van der Waals surface area contributed by atoms with Crippen molar-refractivity contribution in [3.05, 3.63) is 0 Å². The zero-order chi connectivity index (χ0) is 30.7. The maximum absolute atomic E-state index is 6.43. The molecular weight excluding hydrogens is 529 g/mol. The lowest BCUT2D eigenvalue weighted by Gasteiger charge is -2.30. The Kier molecular flexibility index (Phi) is 35.7. The predicted molar refractivity (Wildman–Crippen MR) is 193 cm³/mol. The number of rotatable bonds is 37. The minimum absolute atomic E-state index is 0.823. The van der Waals surface area contributed by atoms with Crippen molar-refractivity contribution in [3.63, 3.8) is 0 Å². The lowest BCUT2D eigenvalue weighted by molar-refractivity contribution is 0.180. The SMILES string of the molecule is CCCCCCCCCCCCCCCCCCC[Si](CCCCCCCCCCCCCCCC)(OCC)OCC. The van der Waals surface area contributed by atoms with E-state index in [1.165, 1.54) is 211 Å². The van der Waals surface area contributed by atoms with Crippen molar-refractivity contribution in [1.29, 1.82) is 0 Å².